The minimum atomic E-state index is -0.451. The largest absolute Gasteiger partial charge is 0.489 e. The summed E-state index contributed by atoms with van der Waals surface area (Å²) in [4.78, 5) is 10.2. The van der Waals surface area contributed by atoms with Crippen LogP contribution in [0.3, 0.4) is 0 Å². The maximum Gasteiger partial charge on any atom is 0.283 e. The summed E-state index contributed by atoms with van der Waals surface area (Å²) in [6, 6.07) is 11.8. The van der Waals surface area contributed by atoms with Crippen molar-refractivity contribution in [3.63, 3.8) is 0 Å². The molecule has 0 N–H and O–H groups in total. The minimum Gasteiger partial charge on any atom is -0.489 e. The molecule has 0 unspecified atom stereocenters. The zero-order chi connectivity index (χ0) is 13.8. The summed E-state index contributed by atoms with van der Waals surface area (Å²) in [5, 5.41) is 11.3. The van der Waals surface area contributed by atoms with Gasteiger partial charge in [-0.1, -0.05) is 23.7 Å². The van der Waals surface area contributed by atoms with E-state index >= 15 is 0 Å². The molecular formula is C13H9BrClNO3. The highest BCUT2D eigenvalue weighted by Crippen LogP contribution is 2.29. The van der Waals surface area contributed by atoms with Crippen LogP contribution >= 0.6 is 27.5 Å². The fourth-order valence-electron chi connectivity index (χ4n) is 1.47. The van der Waals surface area contributed by atoms with Crippen LogP contribution in [-0.2, 0) is 6.61 Å². The first-order valence-corrected chi connectivity index (χ1v) is 6.54. The average molecular weight is 343 g/mol. The van der Waals surface area contributed by atoms with Crippen molar-refractivity contribution < 1.29 is 9.66 Å². The number of nitrogens with zero attached hydrogens (tertiary/aromatic N) is 1. The first-order chi connectivity index (χ1) is 9.06. The van der Waals surface area contributed by atoms with E-state index in [9.17, 15) is 10.1 Å². The van der Waals surface area contributed by atoms with Gasteiger partial charge >= 0.3 is 0 Å². The fraction of sp³-hybridized carbons (Fsp3) is 0.0769. The van der Waals surface area contributed by atoms with Crippen LogP contribution in [0.25, 0.3) is 0 Å². The first kappa shape index (κ1) is 13.8. The van der Waals surface area contributed by atoms with Crippen molar-refractivity contribution in [1.29, 1.82) is 0 Å². The van der Waals surface area contributed by atoms with Crippen LogP contribution in [0.5, 0.6) is 5.75 Å². The Balaban J connectivity index is 2.06. The molecule has 6 heteroatoms. The van der Waals surface area contributed by atoms with Crippen molar-refractivity contribution in [3.05, 3.63) is 67.6 Å². The molecular weight excluding hydrogens is 334 g/mol. The molecule has 0 atom stereocenters. The summed E-state index contributed by atoms with van der Waals surface area (Å²) in [6.07, 6.45) is 0. The van der Waals surface area contributed by atoms with Crippen molar-refractivity contribution in [3.8, 4) is 5.75 Å². The third-order valence-corrected chi connectivity index (χ3v) is 3.32. The molecule has 0 saturated carbocycles. The van der Waals surface area contributed by atoms with Crippen LogP contribution in [-0.4, -0.2) is 4.92 Å². The normalized spacial score (nSPS) is 10.2. The third-order valence-electron chi connectivity index (χ3n) is 2.43. The summed E-state index contributed by atoms with van der Waals surface area (Å²) in [5.41, 5.74) is 0.984. The quantitative estimate of drug-likeness (QED) is 0.603. The van der Waals surface area contributed by atoms with Gasteiger partial charge in [0.2, 0.25) is 0 Å². The Kier molecular flexibility index (Phi) is 4.39. The lowest BCUT2D eigenvalue weighted by molar-refractivity contribution is -0.385. The Hall–Kier alpha value is -1.59. The maximum absolute atomic E-state index is 10.7. The molecule has 0 bridgehead atoms. The zero-order valence-corrected chi connectivity index (χ0v) is 12.0. The van der Waals surface area contributed by atoms with Crippen LogP contribution in [0.1, 0.15) is 5.56 Å². The maximum atomic E-state index is 10.7. The van der Waals surface area contributed by atoms with Gasteiger partial charge in [-0.3, -0.25) is 10.1 Å². The van der Waals surface area contributed by atoms with Gasteiger partial charge in [0.1, 0.15) is 12.4 Å². The minimum absolute atomic E-state index is 0.0128. The number of hydrogen-bond donors (Lipinski definition) is 0. The smallest absolute Gasteiger partial charge is 0.283 e. The van der Waals surface area contributed by atoms with E-state index in [2.05, 4.69) is 15.9 Å². The summed E-state index contributed by atoms with van der Waals surface area (Å²) in [6.45, 7) is 0.376. The highest BCUT2D eigenvalue weighted by Gasteiger charge is 2.12. The molecule has 0 saturated heterocycles. The number of nitro groups is 1. The van der Waals surface area contributed by atoms with Gasteiger partial charge in [-0.25, -0.2) is 0 Å². The molecule has 4 nitrogen and oxygen atoms in total. The number of halogens is 2. The highest BCUT2D eigenvalue weighted by atomic mass is 79.9. The first-order valence-electron chi connectivity index (χ1n) is 5.37. The molecule has 0 radical (unpaired) electrons. The molecule has 0 spiro atoms. The molecule has 0 amide bonds. The van der Waals surface area contributed by atoms with Crippen molar-refractivity contribution in [2.45, 2.75) is 6.61 Å². The van der Waals surface area contributed by atoms with Gasteiger partial charge in [0.25, 0.3) is 5.69 Å². The molecule has 0 aliphatic rings. The summed E-state index contributed by atoms with van der Waals surface area (Å²) in [7, 11) is 0. The van der Waals surface area contributed by atoms with E-state index < -0.39 is 4.92 Å². The fourth-order valence-corrected chi connectivity index (χ4v) is 2.10. The molecule has 0 fully saturated rings. The Bertz CT molecular complexity index is 601. The predicted molar refractivity (Wildman–Crippen MR) is 76.6 cm³/mol. The molecule has 0 aliphatic heterocycles. The molecule has 19 heavy (non-hydrogen) atoms. The van der Waals surface area contributed by atoms with Gasteiger partial charge in [0, 0.05) is 17.2 Å². The Morgan fingerprint density at radius 1 is 1.21 bits per heavy atom. The topological polar surface area (TPSA) is 52.4 Å². The Morgan fingerprint density at radius 2 is 1.89 bits per heavy atom. The van der Waals surface area contributed by atoms with E-state index in [0.29, 0.717) is 21.9 Å². The molecule has 0 heterocycles. The van der Waals surface area contributed by atoms with Crippen molar-refractivity contribution in [2.24, 2.45) is 0 Å². The monoisotopic (exact) mass is 341 g/mol. The lowest BCUT2D eigenvalue weighted by atomic mass is 10.2. The molecule has 2 aromatic rings. The van der Waals surface area contributed by atoms with E-state index in [1.54, 1.807) is 24.3 Å². The van der Waals surface area contributed by atoms with Crippen molar-refractivity contribution in [1.82, 2.24) is 0 Å². The van der Waals surface area contributed by atoms with Gasteiger partial charge in [-0.2, -0.15) is 0 Å². The van der Waals surface area contributed by atoms with Crippen LogP contribution in [0, 0.1) is 10.1 Å². The lowest BCUT2D eigenvalue weighted by Crippen LogP contribution is -1.96. The Morgan fingerprint density at radius 3 is 2.47 bits per heavy atom. The van der Waals surface area contributed by atoms with Crippen LogP contribution in [0.15, 0.2) is 46.9 Å². The second kappa shape index (κ2) is 6.04. The molecule has 98 valence electrons. The standard InChI is InChI=1S/C13H9BrClNO3/c14-12-7-11(5-6-13(12)16(17)18)19-8-9-1-3-10(15)4-2-9/h1-7H,8H2. The Labute approximate surface area is 123 Å². The molecule has 2 aromatic carbocycles. The van der Waals surface area contributed by atoms with E-state index in [1.807, 2.05) is 12.1 Å². The summed E-state index contributed by atoms with van der Waals surface area (Å²) in [5.74, 6) is 0.562. The highest BCUT2D eigenvalue weighted by molar-refractivity contribution is 9.10. The van der Waals surface area contributed by atoms with Crippen molar-refractivity contribution in [2.75, 3.05) is 0 Å². The SMILES string of the molecule is O=[N+]([O-])c1ccc(OCc2ccc(Cl)cc2)cc1Br. The second-order valence-corrected chi connectivity index (χ2v) is 5.08. The zero-order valence-electron chi connectivity index (χ0n) is 9.68. The van der Waals surface area contributed by atoms with Gasteiger partial charge < -0.3 is 4.74 Å². The molecule has 0 aliphatic carbocycles. The lowest BCUT2D eigenvalue weighted by Gasteiger charge is -2.07. The van der Waals surface area contributed by atoms with Crippen LogP contribution in [0.4, 0.5) is 5.69 Å². The van der Waals surface area contributed by atoms with Gasteiger partial charge in [0.05, 0.1) is 9.40 Å². The van der Waals surface area contributed by atoms with E-state index in [4.69, 9.17) is 16.3 Å². The molecule has 2 rings (SSSR count). The van der Waals surface area contributed by atoms with Crippen molar-refractivity contribution >= 4 is 33.2 Å². The van der Waals surface area contributed by atoms with Gasteiger partial charge in [-0.05, 0) is 39.7 Å². The number of ether oxygens (including phenoxy) is 1. The molecule has 0 aromatic heterocycles. The predicted octanol–water partition coefficient (Wildman–Crippen LogP) is 4.59. The second-order valence-electron chi connectivity index (χ2n) is 3.79. The van der Waals surface area contributed by atoms with Gasteiger partial charge in [0.15, 0.2) is 0 Å². The third kappa shape index (κ3) is 3.68. The number of nitro benzene ring substituents is 1. The van der Waals surface area contributed by atoms with E-state index in [1.165, 1.54) is 6.07 Å². The number of benzene rings is 2. The average Bonchev–Trinajstić information content (AvgIpc) is 2.37. The van der Waals surface area contributed by atoms with E-state index in [-0.39, 0.29) is 5.69 Å². The summed E-state index contributed by atoms with van der Waals surface area (Å²) < 4.78 is 5.95. The summed E-state index contributed by atoms with van der Waals surface area (Å²) >= 11 is 8.93. The van der Waals surface area contributed by atoms with Gasteiger partial charge in [-0.15, -0.1) is 0 Å². The van der Waals surface area contributed by atoms with Crippen LogP contribution in [0.2, 0.25) is 5.02 Å². The van der Waals surface area contributed by atoms with E-state index in [0.717, 1.165) is 5.56 Å². The van der Waals surface area contributed by atoms with Crippen LogP contribution < -0.4 is 4.74 Å². The number of rotatable bonds is 4. The number of hydrogen-bond acceptors (Lipinski definition) is 3.